The molecule has 2 aromatic carbocycles. The molecule has 0 amide bonds. The normalized spacial score (nSPS) is 15.1. The molecule has 1 N–H and O–H groups in total. The third-order valence-electron chi connectivity index (χ3n) is 4.58. The minimum Gasteiger partial charge on any atom is -0.497 e. The number of fused-ring (bicyclic) bond motifs is 3. The van der Waals surface area contributed by atoms with E-state index in [0.29, 0.717) is 0 Å². The Bertz CT molecular complexity index is 946. The van der Waals surface area contributed by atoms with Crippen molar-refractivity contribution in [3.8, 4) is 22.8 Å². The number of hydrogen-bond acceptors (Lipinski definition) is 4. The van der Waals surface area contributed by atoms with Gasteiger partial charge in [-0.1, -0.05) is 11.6 Å². The van der Waals surface area contributed by atoms with Crippen molar-refractivity contribution >= 4 is 5.69 Å². The maximum absolute atomic E-state index is 5.61. The molecular weight excluding hydrogens is 314 g/mol. The van der Waals surface area contributed by atoms with Gasteiger partial charge in [-0.3, -0.25) is 0 Å². The van der Waals surface area contributed by atoms with Crippen molar-refractivity contribution in [2.24, 2.45) is 0 Å². The molecule has 1 aliphatic rings. The Labute approximate surface area is 147 Å². The Morgan fingerprint density at radius 3 is 2.60 bits per heavy atom. The van der Waals surface area contributed by atoms with E-state index in [1.807, 2.05) is 29.8 Å². The Hall–Kier alpha value is -2.95. The van der Waals surface area contributed by atoms with E-state index in [-0.39, 0.29) is 6.17 Å². The highest BCUT2D eigenvalue weighted by atomic mass is 16.5. The topological polar surface area (TPSA) is 48.3 Å². The van der Waals surface area contributed by atoms with E-state index in [0.717, 1.165) is 34.1 Å². The lowest BCUT2D eigenvalue weighted by atomic mass is 10.0. The Balaban J connectivity index is 1.89. The number of nitrogens with zero attached hydrogens (tertiary/aromatic N) is 2. The number of anilines is 1. The highest BCUT2D eigenvalue weighted by Crippen LogP contribution is 2.41. The number of benzene rings is 2. The van der Waals surface area contributed by atoms with Crippen molar-refractivity contribution in [2.75, 3.05) is 19.5 Å². The quantitative estimate of drug-likeness (QED) is 0.781. The molecule has 1 aromatic heterocycles. The zero-order valence-corrected chi connectivity index (χ0v) is 14.8. The fraction of sp³-hybridized carbons (Fsp3) is 0.250. The second-order valence-electron chi connectivity index (χ2n) is 6.32. The fourth-order valence-electron chi connectivity index (χ4n) is 3.37. The van der Waals surface area contributed by atoms with Crippen LogP contribution in [-0.4, -0.2) is 24.0 Å². The molecule has 1 aliphatic heterocycles. The molecule has 2 heterocycles. The van der Waals surface area contributed by atoms with Crippen LogP contribution in [-0.2, 0) is 0 Å². The number of methoxy groups -OCH3 is 2. The standard InChI is InChI=1S/C20H21N3O2/c1-12-5-8-17-16(9-12)18-10-13(2)22-23(18)20(21-17)15-7-6-14(24-3)11-19(15)25-4/h5-11,20-21H,1-4H3/t20-/m0/s1. The van der Waals surface area contributed by atoms with Crippen LogP contribution in [0.1, 0.15) is 23.0 Å². The van der Waals surface area contributed by atoms with Gasteiger partial charge in [0, 0.05) is 22.9 Å². The molecule has 5 nitrogen and oxygen atoms in total. The molecular formula is C20H21N3O2. The minimum atomic E-state index is -0.139. The second kappa shape index (κ2) is 5.84. The molecule has 4 rings (SSSR count). The van der Waals surface area contributed by atoms with E-state index in [1.54, 1.807) is 14.2 Å². The lowest BCUT2D eigenvalue weighted by Gasteiger charge is -2.30. The SMILES string of the molecule is COc1ccc([C@H]2Nc3ccc(C)cc3-c3cc(C)nn32)c(OC)c1. The van der Waals surface area contributed by atoms with E-state index in [4.69, 9.17) is 14.6 Å². The van der Waals surface area contributed by atoms with Crippen LogP contribution in [0.3, 0.4) is 0 Å². The third-order valence-corrected chi connectivity index (χ3v) is 4.58. The van der Waals surface area contributed by atoms with Gasteiger partial charge in [-0.2, -0.15) is 5.10 Å². The van der Waals surface area contributed by atoms with E-state index in [2.05, 4.69) is 36.5 Å². The molecule has 1 atom stereocenters. The summed E-state index contributed by atoms with van der Waals surface area (Å²) in [6, 6.07) is 14.4. The minimum absolute atomic E-state index is 0.139. The van der Waals surface area contributed by atoms with Gasteiger partial charge < -0.3 is 14.8 Å². The summed E-state index contributed by atoms with van der Waals surface area (Å²) < 4.78 is 13.0. The monoisotopic (exact) mass is 335 g/mol. The van der Waals surface area contributed by atoms with Crippen molar-refractivity contribution in [1.82, 2.24) is 9.78 Å². The lowest BCUT2D eigenvalue weighted by Crippen LogP contribution is -2.26. The van der Waals surface area contributed by atoms with E-state index < -0.39 is 0 Å². The average molecular weight is 335 g/mol. The average Bonchev–Trinajstić information content (AvgIpc) is 3.02. The molecule has 5 heteroatoms. The van der Waals surface area contributed by atoms with Crippen molar-refractivity contribution < 1.29 is 9.47 Å². The summed E-state index contributed by atoms with van der Waals surface area (Å²) in [6.45, 7) is 4.12. The second-order valence-corrected chi connectivity index (χ2v) is 6.32. The fourth-order valence-corrected chi connectivity index (χ4v) is 3.37. The summed E-state index contributed by atoms with van der Waals surface area (Å²) in [5.41, 5.74) is 6.61. The van der Waals surface area contributed by atoms with Crippen LogP contribution in [0.5, 0.6) is 11.5 Å². The molecule has 0 bridgehead atoms. The first-order chi connectivity index (χ1) is 12.1. The number of aryl methyl sites for hydroxylation is 2. The Kier molecular flexibility index (Phi) is 3.64. The maximum atomic E-state index is 5.61. The smallest absolute Gasteiger partial charge is 0.150 e. The Morgan fingerprint density at radius 1 is 1.00 bits per heavy atom. The summed E-state index contributed by atoms with van der Waals surface area (Å²) in [7, 11) is 3.33. The van der Waals surface area contributed by atoms with Gasteiger partial charge in [0.15, 0.2) is 6.17 Å². The molecule has 0 fully saturated rings. The van der Waals surface area contributed by atoms with Crippen LogP contribution in [0, 0.1) is 13.8 Å². The summed E-state index contributed by atoms with van der Waals surface area (Å²) in [6.07, 6.45) is -0.139. The van der Waals surface area contributed by atoms with E-state index in [9.17, 15) is 0 Å². The van der Waals surface area contributed by atoms with Crippen LogP contribution in [0.2, 0.25) is 0 Å². The molecule has 25 heavy (non-hydrogen) atoms. The molecule has 0 aliphatic carbocycles. The maximum Gasteiger partial charge on any atom is 0.150 e. The Morgan fingerprint density at radius 2 is 1.84 bits per heavy atom. The van der Waals surface area contributed by atoms with Crippen LogP contribution in [0.4, 0.5) is 5.69 Å². The van der Waals surface area contributed by atoms with Gasteiger partial charge in [0.2, 0.25) is 0 Å². The number of nitrogens with one attached hydrogen (secondary N) is 1. The van der Waals surface area contributed by atoms with E-state index in [1.165, 1.54) is 11.1 Å². The number of aromatic nitrogens is 2. The summed E-state index contributed by atoms with van der Waals surface area (Å²) in [5, 5.41) is 8.32. The summed E-state index contributed by atoms with van der Waals surface area (Å²) in [4.78, 5) is 0. The van der Waals surface area contributed by atoms with Crippen molar-refractivity contribution in [2.45, 2.75) is 20.0 Å². The molecule has 0 saturated carbocycles. The van der Waals surface area contributed by atoms with Crippen molar-refractivity contribution in [3.05, 3.63) is 59.3 Å². The highest BCUT2D eigenvalue weighted by Gasteiger charge is 2.28. The van der Waals surface area contributed by atoms with Crippen molar-refractivity contribution in [3.63, 3.8) is 0 Å². The van der Waals surface area contributed by atoms with Crippen molar-refractivity contribution in [1.29, 1.82) is 0 Å². The molecule has 0 saturated heterocycles. The van der Waals surface area contributed by atoms with Crippen LogP contribution in [0.15, 0.2) is 42.5 Å². The largest absolute Gasteiger partial charge is 0.497 e. The molecule has 3 aromatic rings. The highest BCUT2D eigenvalue weighted by molar-refractivity contribution is 5.79. The van der Waals surface area contributed by atoms with Gasteiger partial charge in [-0.05, 0) is 44.2 Å². The number of hydrogen-bond donors (Lipinski definition) is 1. The number of rotatable bonds is 3. The molecule has 0 spiro atoms. The molecule has 128 valence electrons. The summed E-state index contributed by atoms with van der Waals surface area (Å²) >= 11 is 0. The van der Waals surface area contributed by atoms with Gasteiger partial charge in [-0.15, -0.1) is 0 Å². The van der Waals surface area contributed by atoms with Gasteiger partial charge in [0.25, 0.3) is 0 Å². The van der Waals surface area contributed by atoms with Gasteiger partial charge in [0.1, 0.15) is 11.5 Å². The first-order valence-corrected chi connectivity index (χ1v) is 8.26. The zero-order chi connectivity index (χ0) is 17.6. The van der Waals surface area contributed by atoms with Gasteiger partial charge >= 0.3 is 0 Å². The van der Waals surface area contributed by atoms with Gasteiger partial charge in [0.05, 0.1) is 25.6 Å². The summed E-state index contributed by atoms with van der Waals surface area (Å²) in [5.74, 6) is 1.54. The first-order valence-electron chi connectivity index (χ1n) is 8.26. The third kappa shape index (κ3) is 2.52. The number of ether oxygens (including phenoxy) is 2. The van der Waals surface area contributed by atoms with Crippen LogP contribution >= 0.6 is 0 Å². The van der Waals surface area contributed by atoms with E-state index >= 15 is 0 Å². The first kappa shape index (κ1) is 15.6. The molecule has 0 radical (unpaired) electrons. The zero-order valence-electron chi connectivity index (χ0n) is 14.8. The van der Waals surface area contributed by atoms with Crippen LogP contribution in [0.25, 0.3) is 11.3 Å². The predicted molar refractivity (Wildman–Crippen MR) is 98.4 cm³/mol. The molecule has 0 unspecified atom stereocenters. The predicted octanol–water partition coefficient (Wildman–Crippen LogP) is 4.16. The lowest BCUT2D eigenvalue weighted by molar-refractivity contribution is 0.386. The van der Waals surface area contributed by atoms with Gasteiger partial charge in [-0.25, -0.2) is 4.68 Å². The van der Waals surface area contributed by atoms with Crippen LogP contribution < -0.4 is 14.8 Å².